The van der Waals surface area contributed by atoms with Crippen molar-refractivity contribution in [2.45, 2.75) is 37.8 Å². The van der Waals surface area contributed by atoms with Crippen molar-refractivity contribution in [2.75, 3.05) is 78.9 Å². The number of nitrogens with zero attached hydrogens (tertiary/aromatic N) is 3. The molecule has 1 aromatic carbocycles. The SMILES string of the molecule is O=C(N[C@H]1C[C@H]2C(=O)NCCOCCOCC(=O)N3CC[C@@H](CC(=O)N4CCOCC4)[C@@H](CC(=O)N2C1)C3)c1ccccc1. The molecule has 0 spiro atoms. The van der Waals surface area contributed by atoms with Gasteiger partial charge in [-0.05, 0) is 36.8 Å². The van der Waals surface area contributed by atoms with Crippen LogP contribution in [0.2, 0.25) is 0 Å². The molecule has 44 heavy (non-hydrogen) atoms. The average molecular weight is 614 g/mol. The van der Waals surface area contributed by atoms with Crippen molar-refractivity contribution < 1.29 is 38.2 Å². The molecule has 5 amide bonds. The highest BCUT2D eigenvalue weighted by Crippen LogP contribution is 2.32. The Morgan fingerprint density at radius 2 is 1.64 bits per heavy atom. The van der Waals surface area contributed by atoms with E-state index in [0.29, 0.717) is 51.4 Å². The molecule has 0 aromatic heterocycles. The predicted octanol–water partition coefficient (Wildman–Crippen LogP) is -0.347. The Bertz CT molecular complexity index is 1180. The van der Waals surface area contributed by atoms with Crippen LogP contribution in [0.4, 0.5) is 0 Å². The van der Waals surface area contributed by atoms with E-state index >= 15 is 0 Å². The van der Waals surface area contributed by atoms with Gasteiger partial charge in [-0.2, -0.15) is 0 Å². The van der Waals surface area contributed by atoms with Gasteiger partial charge in [-0.25, -0.2) is 0 Å². The van der Waals surface area contributed by atoms with E-state index in [1.807, 2.05) is 6.07 Å². The van der Waals surface area contributed by atoms with Gasteiger partial charge in [0.05, 0.1) is 33.0 Å². The number of carbonyl (C=O) groups excluding carboxylic acids is 5. The molecule has 4 aliphatic rings. The van der Waals surface area contributed by atoms with Crippen molar-refractivity contribution in [2.24, 2.45) is 11.8 Å². The van der Waals surface area contributed by atoms with Gasteiger partial charge < -0.3 is 39.5 Å². The molecule has 0 unspecified atom stereocenters. The number of nitrogens with one attached hydrogen (secondary N) is 2. The molecule has 1 aromatic rings. The van der Waals surface area contributed by atoms with Crippen molar-refractivity contribution in [1.29, 1.82) is 0 Å². The molecule has 2 bridgehead atoms. The maximum absolute atomic E-state index is 14.0. The minimum Gasteiger partial charge on any atom is -0.378 e. The molecule has 4 saturated heterocycles. The average Bonchev–Trinajstić information content (AvgIpc) is 3.47. The van der Waals surface area contributed by atoms with Gasteiger partial charge in [0, 0.05) is 63.7 Å². The van der Waals surface area contributed by atoms with Crippen LogP contribution >= 0.6 is 0 Å². The summed E-state index contributed by atoms with van der Waals surface area (Å²) in [7, 11) is 0. The topological polar surface area (TPSA) is 147 Å². The molecule has 13 heteroatoms. The predicted molar refractivity (Wildman–Crippen MR) is 157 cm³/mol. The van der Waals surface area contributed by atoms with E-state index in [1.54, 1.807) is 39.0 Å². The lowest BCUT2D eigenvalue weighted by Crippen LogP contribution is -2.50. The van der Waals surface area contributed by atoms with Gasteiger partial charge in [0.1, 0.15) is 12.6 Å². The lowest BCUT2D eigenvalue weighted by atomic mass is 9.80. The summed E-state index contributed by atoms with van der Waals surface area (Å²) < 4.78 is 16.5. The molecular weight excluding hydrogens is 570 g/mol. The molecule has 0 saturated carbocycles. The fraction of sp³-hybridized carbons (Fsp3) is 0.645. The van der Waals surface area contributed by atoms with E-state index in [4.69, 9.17) is 14.2 Å². The van der Waals surface area contributed by atoms with E-state index in [9.17, 15) is 24.0 Å². The quantitative estimate of drug-likeness (QED) is 0.469. The van der Waals surface area contributed by atoms with Crippen molar-refractivity contribution in [3.8, 4) is 0 Å². The summed E-state index contributed by atoms with van der Waals surface area (Å²) in [5.74, 6) is -1.31. The van der Waals surface area contributed by atoms with E-state index < -0.39 is 12.1 Å². The van der Waals surface area contributed by atoms with Gasteiger partial charge in [-0.15, -0.1) is 0 Å². The number of piperidine rings is 1. The number of carbonyl (C=O) groups is 5. The first-order chi connectivity index (χ1) is 21.4. The summed E-state index contributed by atoms with van der Waals surface area (Å²) >= 11 is 0. The molecule has 4 aliphatic heterocycles. The molecule has 240 valence electrons. The Hall–Kier alpha value is -3.55. The maximum Gasteiger partial charge on any atom is 0.251 e. The highest BCUT2D eigenvalue weighted by molar-refractivity contribution is 5.95. The third-order valence-electron chi connectivity index (χ3n) is 8.92. The van der Waals surface area contributed by atoms with Crippen molar-refractivity contribution in [3.63, 3.8) is 0 Å². The molecule has 0 radical (unpaired) electrons. The van der Waals surface area contributed by atoms with Crippen LogP contribution in [0, 0.1) is 11.8 Å². The number of hydrogen-bond donors (Lipinski definition) is 2. The number of amides is 5. The summed E-state index contributed by atoms with van der Waals surface area (Å²) in [5, 5.41) is 5.85. The Labute approximate surface area is 257 Å². The van der Waals surface area contributed by atoms with Crippen LogP contribution in [0.3, 0.4) is 0 Å². The minimum atomic E-state index is -0.766. The first-order valence-corrected chi connectivity index (χ1v) is 15.6. The number of benzene rings is 1. The van der Waals surface area contributed by atoms with Gasteiger partial charge in [0.2, 0.25) is 23.6 Å². The zero-order chi connectivity index (χ0) is 30.9. The molecule has 4 fully saturated rings. The molecule has 0 aliphatic carbocycles. The fourth-order valence-corrected chi connectivity index (χ4v) is 6.47. The molecule has 5 rings (SSSR count). The molecule has 13 nitrogen and oxygen atoms in total. The van der Waals surface area contributed by atoms with Crippen LogP contribution < -0.4 is 10.6 Å². The maximum atomic E-state index is 14.0. The zero-order valence-electron chi connectivity index (χ0n) is 25.1. The Morgan fingerprint density at radius 1 is 0.886 bits per heavy atom. The lowest BCUT2D eigenvalue weighted by molar-refractivity contribution is -0.144. The first-order valence-electron chi connectivity index (χ1n) is 15.6. The van der Waals surface area contributed by atoms with E-state index in [1.165, 1.54) is 0 Å². The van der Waals surface area contributed by atoms with Gasteiger partial charge in [-0.3, -0.25) is 24.0 Å². The Balaban J connectivity index is 1.33. The number of morpholine rings is 1. The first kappa shape index (κ1) is 31.9. The molecule has 2 N–H and O–H groups in total. The third-order valence-corrected chi connectivity index (χ3v) is 8.92. The van der Waals surface area contributed by atoms with E-state index in [-0.39, 0.29) is 100 Å². The number of ether oxygens (including phenoxy) is 3. The van der Waals surface area contributed by atoms with Crippen molar-refractivity contribution >= 4 is 29.5 Å². The standard InChI is InChI=1S/C31H43N5O8/c37-27(34-9-12-43-13-10-34)16-23-6-8-35-19-24(23)17-28(38)36-20-25(33-30(40)22-4-2-1-3-5-22)18-26(36)31(41)32-7-11-42-14-15-44-21-29(35)39/h1-5,23-26H,6-21H2,(H,32,41)(H,33,40)/t23-,24-,25-,26-/m0/s1. The van der Waals surface area contributed by atoms with Crippen LogP contribution in [-0.4, -0.2) is 135 Å². The minimum absolute atomic E-state index is 0.0272. The van der Waals surface area contributed by atoms with Crippen LogP contribution in [0.25, 0.3) is 0 Å². The number of fused-ring (bicyclic) bond motifs is 3. The summed E-state index contributed by atoms with van der Waals surface area (Å²) in [5.41, 5.74) is 0.501. The van der Waals surface area contributed by atoms with Crippen molar-refractivity contribution in [3.05, 3.63) is 35.9 Å². The second-order valence-corrected chi connectivity index (χ2v) is 11.8. The van der Waals surface area contributed by atoms with Crippen LogP contribution in [0.1, 0.15) is 36.0 Å². The van der Waals surface area contributed by atoms with Gasteiger partial charge in [0.25, 0.3) is 5.91 Å². The monoisotopic (exact) mass is 613 g/mol. The fourth-order valence-electron chi connectivity index (χ4n) is 6.47. The van der Waals surface area contributed by atoms with Crippen molar-refractivity contribution in [1.82, 2.24) is 25.3 Å². The summed E-state index contributed by atoms with van der Waals surface area (Å²) in [6, 6.07) is 7.64. The Kier molecular flexibility index (Phi) is 11.2. The summed E-state index contributed by atoms with van der Waals surface area (Å²) in [6.45, 7) is 4.02. The zero-order valence-corrected chi connectivity index (χ0v) is 25.1. The normalized spacial score (nSPS) is 27.7. The number of hydrogen-bond acceptors (Lipinski definition) is 8. The highest BCUT2D eigenvalue weighted by Gasteiger charge is 2.42. The van der Waals surface area contributed by atoms with Gasteiger partial charge in [-0.1, -0.05) is 18.2 Å². The van der Waals surface area contributed by atoms with Crippen LogP contribution in [-0.2, 0) is 33.4 Å². The smallest absolute Gasteiger partial charge is 0.251 e. The van der Waals surface area contributed by atoms with E-state index in [2.05, 4.69) is 10.6 Å². The molecule has 4 heterocycles. The third kappa shape index (κ3) is 8.33. The lowest BCUT2D eigenvalue weighted by Gasteiger charge is -2.40. The number of rotatable bonds is 4. The van der Waals surface area contributed by atoms with Gasteiger partial charge in [0.15, 0.2) is 0 Å². The van der Waals surface area contributed by atoms with Crippen LogP contribution in [0.15, 0.2) is 30.3 Å². The Morgan fingerprint density at radius 3 is 2.43 bits per heavy atom. The van der Waals surface area contributed by atoms with Gasteiger partial charge >= 0.3 is 0 Å². The second kappa shape index (κ2) is 15.4. The largest absolute Gasteiger partial charge is 0.378 e. The molecule has 4 atom stereocenters. The highest BCUT2D eigenvalue weighted by atomic mass is 16.5. The van der Waals surface area contributed by atoms with E-state index in [0.717, 1.165) is 0 Å². The summed E-state index contributed by atoms with van der Waals surface area (Å²) in [6.07, 6.45) is 1.23. The van der Waals surface area contributed by atoms with Crippen LogP contribution in [0.5, 0.6) is 0 Å². The summed E-state index contributed by atoms with van der Waals surface area (Å²) in [4.78, 5) is 71.5. The second-order valence-electron chi connectivity index (χ2n) is 11.8. The molecular formula is C31H43N5O8.